The van der Waals surface area contributed by atoms with Gasteiger partial charge in [0.15, 0.2) is 17.5 Å². The van der Waals surface area contributed by atoms with Crippen molar-refractivity contribution < 1.29 is 4.74 Å². The molecule has 0 saturated carbocycles. The van der Waals surface area contributed by atoms with E-state index in [2.05, 4.69) is 102 Å². The summed E-state index contributed by atoms with van der Waals surface area (Å²) in [4.78, 5) is 15.0. The van der Waals surface area contributed by atoms with Gasteiger partial charge in [0, 0.05) is 50.7 Å². The highest BCUT2D eigenvalue weighted by atomic mass is 16.5. The van der Waals surface area contributed by atoms with Crippen molar-refractivity contribution in [3.63, 3.8) is 0 Å². The van der Waals surface area contributed by atoms with Crippen LogP contribution in [-0.4, -0.2) is 25.6 Å². The molecule has 2 aliphatic rings. The fourth-order valence-electron chi connectivity index (χ4n) is 7.56. The molecular weight excluding hydrogens is 613 g/mol. The molecule has 1 unspecified atom stereocenters. The van der Waals surface area contributed by atoms with Crippen LogP contribution in [0.25, 0.3) is 78.4 Å². The number of nitrogens with zero attached hydrogens (tertiary/aromatic N) is 4. The molecular formula is C45H30N4O. The number of allylic oxidation sites excluding steroid dienone is 2. The summed E-state index contributed by atoms with van der Waals surface area (Å²) in [5.41, 5.74) is 11.1. The first-order valence-electron chi connectivity index (χ1n) is 17.0. The molecule has 0 fully saturated rings. The Morgan fingerprint density at radius 2 is 1.08 bits per heavy atom. The summed E-state index contributed by atoms with van der Waals surface area (Å²) in [5, 5.41) is 2.51. The van der Waals surface area contributed by atoms with Crippen LogP contribution in [0.1, 0.15) is 12.0 Å². The topological polar surface area (TPSA) is 52.8 Å². The molecule has 0 N–H and O–H groups in total. The Balaban J connectivity index is 1.12. The molecule has 3 heterocycles. The van der Waals surface area contributed by atoms with E-state index in [0.29, 0.717) is 17.5 Å². The molecule has 5 nitrogen and oxygen atoms in total. The van der Waals surface area contributed by atoms with Crippen LogP contribution in [0.3, 0.4) is 0 Å². The summed E-state index contributed by atoms with van der Waals surface area (Å²) >= 11 is 0. The van der Waals surface area contributed by atoms with Gasteiger partial charge in [0.05, 0.1) is 11.0 Å². The first kappa shape index (κ1) is 28.4. The number of fused-ring (bicyclic) bond motifs is 6. The second-order valence-electron chi connectivity index (χ2n) is 12.7. The minimum Gasteiger partial charge on any atom is -0.485 e. The van der Waals surface area contributed by atoms with E-state index < -0.39 is 0 Å². The molecule has 1 aliphatic heterocycles. The van der Waals surface area contributed by atoms with Crippen LogP contribution in [0.15, 0.2) is 164 Å². The third-order valence-corrected chi connectivity index (χ3v) is 9.79. The number of benzene rings is 6. The standard InChI is InChI=1S/C45H30N4O/c1-4-14-29(15-5-1)33-21-12-24-38-41(33)34-20-10-11-23-37(34)49(38)32-26-27-35-40(28-32)50-39-25-13-22-36(42(35)39)45-47-43(30-16-6-2-7-17-30)46-44(48-45)31-18-8-3-9-19-31/h1-27,40H,28H2. The van der Waals surface area contributed by atoms with Gasteiger partial charge in [0.25, 0.3) is 0 Å². The summed E-state index contributed by atoms with van der Waals surface area (Å²) < 4.78 is 9.17. The van der Waals surface area contributed by atoms with E-state index in [1.54, 1.807) is 0 Å². The number of ether oxygens (including phenoxy) is 1. The van der Waals surface area contributed by atoms with E-state index in [0.717, 1.165) is 40.0 Å². The average Bonchev–Trinajstić information content (AvgIpc) is 3.74. The van der Waals surface area contributed by atoms with E-state index in [9.17, 15) is 0 Å². The Hall–Kier alpha value is -6.59. The highest BCUT2D eigenvalue weighted by Gasteiger charge is 2.35. The minimum absolute atomic E-state index is 0.135. The Labute approximate surface area is 289 Å². The molecule has 0 amide bonds. The summed E-state index contributed by atoms with van der Waals surface area (Å²) in [7, 11) is 0. The van der Waals surface area contributed by atoms with Gasteiger partial charge < -0.3 is 9.30 Å². The number of hydrogen-bond acceptors (Lipinski definition) is 4. The lowest BCUT2D eigenvalue weighted by molar-refractivity contribution is 0.280. The second-order valence-corrected chi connectivity index (χ2v) is 12.7. The maximum atomic E-state index is 6.75. The maximum absolute atomic E-state index is 6.75. The highest BCUT2D eigenvalue weighted by molar-refractivity contribution is 6.16. The van der Waals surface area contributed by atoms with Gasteiger partial charge in [0.2, 0.25) is 0 Å². The molecule has 1 atom stereocenters. The third-order valence-electron chi connectivity index (χ3n) is 9.79. The molecule has 0 bridgehead atoms. The zero-order valence-corrected chi connectivity index (χ0v) is 27.1. The van der Waals surface area contributed by atoms with Gasteiger partial charge in [-0.05, 0) is 35.4 Å². The van der Waals surface area contributed by atoms with Gasteiger partial charge in [-0.1, -0.05) is 140 Å². The fraction of sp³-hybridized carbons (Fsp3) is 0.0444. The van der Waals surface area contributed by atoms with Gasteiger partial charge in [-0.2, -0.15) is 0 Å². The van der Waals surface area contributed by atoms with E-state index in [4.69, 9.17) is 19.7 Å². The van der Waals surface area contributed by atoms with Gasteiger partial charge >= 0.3 is 0 Å². The summed E-state index contributed by atoms with van der Waals surface area (Å²) in [5.74, 6) is 2.77. The van der Waals surface area contributed by atoms with Crippen molar-refractivity contribution in [1.82, 2.24) is 19.5 Å². The largest absolute Gasteiger partial charge is 0.485 e. The van der Waals surface area contributed by atoms with Crippen molar-refractivity contribution in [3.05, 3.63) is 169 Å². The number of hydrogen-bond donors (Lipinski definition) is 0. The quantitative estimate of drug-likeness (QED) is 0.187. The van der Waals surface area contributed by atoms with Crippen molar-refractivity contribution in [2.45, 2.75) is 12.5 Å². The maximum Gasteiger partial charge on any atom is 0.164 e. The molecule has 0 saturated heterocycles. The molecule has 2 aromatic heterocycles. The lowest BCUT2D eigenvalue weighted by Gasteiger charge is -2.21. The number of aromatic nitrogens is 4. The zero-order valence-electron chi connectivity index (χ0n) is 27.1. The molecule has 5 heteroatoms. The number of rotatable bonds is 5. The second kappa shape index (κ2) is 11.5. The monoisotopic (exact) mass is 642 g/mol. The van der Waals surface area contributed by atoms with Crippen LogP contribution < -0.4 is 4.74 Å². The van der Waals surface area contributed by atoms with Crippen LogP contribution in [-0.2, 0) is 0 Å². The first-order chi connectivity index (χ1) is 24.8. The minimum atomic E-state index is -0.135. The molecule has 6 aromatic carbocycles. The van der Waals surface area contributed by atoms with Crippen molar-refractivity contribution in [2.75, 3.05) is 0 Å². The predicted molar refractivity (Wildman–Crippen MR) is 202 cm³/mol. The Kier molecular flexibility index (Phi) is 6.56. The average molecular weight is 643 g/mol. The third kappa shape index (κ3) is 4.59. The van der Waals surface area contributed by atoms with Crippen molar-refractivity contribution in [2.24, 2.45) is 0 Å². The highest BCUT2D eigenvalue weighted by Crippen LogP contribution is 2.48. The summed E-state index contributed by atoms with van der Waals surface area (Å²) in [6, 6.07) is 52.4. The van der Waals surface area contributed by atoms with Gasteiger partial charge in [0.1, 0.15) is 11.9 Å². The Morgan fingerprint density at radius 1 is 0.500 bits per heavy atom. The van der Waals surface area contributed by atoms with Crippen molar-refractivity contribution in [3.8, 4) is 51.0 Å². The fourth-order valence-corrected chi connectivity index (χ4v) is 7.56. The number of para-hydroxylation sites is 1. The molecule has 50 heavy (non-hydrogen) atoms. The van der Waals surface area contributed by atoms with Gasteiger partial charge in [-0.3, -0.25) is 0 Å². The van der Waals surface area contributed by atoms with Crippen LogP contribution >= 0.6 is 0 Å². The summed E-state index contributed by atoms with van der Waals surface area (Å²) in [6.45, 7) is 0. The normalized spacial score (nSPS) is 14.9. The van der Waals surface area contributed by atoms with E-state index in [1.165, 1.54) is 38.6 Å². The van der Waals surface area contributed by atoms with E-state index in [-0.39, 0.29) is 6.10 Å². The van der Waals surface area contributed by atoms with Gasteiger partial charge in [-0.25, -0.2) is 15.0 Å². The lowest BCUT2D eigenvalue weighted by Crippen LogP contribution is -2.17. The Morgan fingerprint density at radius 3 is 1.80 bits per heavy atom. The van der Waals surface area contributed by atoms with Crippen molar-refractivity contribution in [1.29, 1.82) is 0 Å². The summed E-state index contributed by atoms with van der Waals surface area (Å²) in [6.07, 6.45) is 5.09. The molecule has 0 radical (unpaired) electrons. The molecule has 0 spiro atoms. The SMILES string of the molecule is C1=C2c3c(cccc3-c3nc(-c4ccccc4)nc(-c4ccccc4)n3)OC2CC(n2c3ccccc3c3c(-c4ccccc4)cccc32)=C1. The van der Waals surface area contributed by atoms with Crippen LogP contribution in [0, 0.1) is 0 Å². The molecule has 8 aromatic rings. The van der Waals surface area contributed by atoms with Crippen LogP contribution in [0.2, 0.25) is 0 Å². The zero-order chi connectivity index (χ0) is 33.0. The van der Waals surface area contributed by atoms with Crippen LogP contribution in [0.5, 0.6) is 5.75 Å². The van der Waals surface area contributed by atoms with Crippen molar-refractivity contribution >= 4 is 33.1 Å². The lowest BCUT2D eigenvalue weighted by atomic mass is 9.91. The molecule has 236 valence electrons. The Bertz CT molecular complexity index is 2580. The van der Waals surface area contributed by atoms with E-state index >= 15 is 0 Å². The predicted octanol–water partition coefficient (Wildman–Crippen LogP) is 10.7. The van der Waals surface area contributed by atoms with E-state index in [1.807, 2.05) is 66.7 Å². The first-order valence-corrected chi connectivity index (χ1v) is 17.0. The smallest absolute Gasteiger partial charge is 0.164 e. The molecule has 10 rings (SSSR count). The van der Waals surface area contributed by atoms with Crippen LogP contribution in [0.4, 0.5) is 0 Å². The molecule has 1 aliphatic carbocycles. The van der Waals surface area contributed by atoms with Gasteiger partial charge in [-0.15, -0.1) is 0 Å².